The van der Waals surface area contributed by atoms with Crippen molar-refractivity contribution in [3.05, 3.63) is 53.6 Å². The zero-order valence-corrected chi connectivity index (χ0v) is 17.3. The van der Waals surface area contributed by atoms with Gasteiger partial charge in [0, 0.05) is 38.3 Å². The van der Waals surface area contributed by atoms with Crippen molar-refractivity contribution in [3.63, 3.8) is 0 Å². The molecule has 1 aliphatic carbocycles. The van der Waals surface area contributed by atoms with Crippen molar-refractivity contribution in [2.75, 3.05) is 45.7 Å². The Hall–Kier alpha value is -2.31. The van der Waals surface area contributed by atoms with Crippen LogP contribution in [0.4, 0.5) is 5.69 Å². The second kappa shape index (κ2) is 8.37. The second-order valence-electron chi connectivity index (χ2n) is 7.35. The molecule has 6 heteroatoms. The first kappa shape index (κ1) is 19.0. The Labute approximate surface area is 172 Å². The van der Waals surface area contributed by atoms with Gasteiger partial charge < -0.3 is 19.7 Å². The van der Waals surface area contributed by atoms with Crippen LogP contribution in [-0.4, -0.2) is 61.4 Å². The van der Waals surface area contributed by atoms with Gasteiger partial charge in [0.1, 0.15) is 11.5 Å². The van der Waals surface area contributed by atoms with Gasteiger partial charge >= 0.3 is 0 Å². The van der Waals surface area contributed by atoms with Crippen LogP contribution >= 0.6 is 12.2 Å². The molecule has 1 fully saturated rings. The summed E-state index contributed by atoms with van der Waals surface area (Å²) in [5.74, 6) is 1.53. The zero-order chi connectivity index (χ0) is 19.5. The van der Waals surface area contributed by atoms with Crippen molar-refractivity contribution < 1.29 is 9.47 Å². The summed E-state index contributed by atoms with van der Waals surface area (Å²) in [6.07, 6.45) is 2.33. The van der Waals surface area contributed by atoms with Gasteiger partial charge in [-0.1, -0.05) is 24.3 Å². The molecule has 2 aromatic rings. The number of anilines is 1. The van der Waals surface area contributed by atoms with Crippen LogP contribution in [-0.2, 0) is 12.8 Å². The number of benzene rings is 2. The predicted octanol–water partition coefficient (Wildman–Crippen LogP) is 3.19. The largest absolute Gasteiger partial charge is 0.497 e. The molecule has 148 valence electrons. The first-order valence-electron chi connectivity index (χ1n) is 9.76. The molecule has 0 aromatic heterocycles. The molecule has 0 radical (unpaired) electrons. The Bertz CT molecular complexity index is 824. The molecule has 1 heterocycles. The maximum absolute atomic E-state index is 5.67. The summed E-state index contributed by atoms with van der Waals surface area (Å²) in [4.78, 5) is 4.86. The minimum absolute atomic E-state index is 0.625. The number of methoxy groups -OCH3 is 2. The molecule has 0 bridgehead atoms. The van der Waals surface area contributed by atoms with Crippen molar-refractivity contribution in [2.24, 2.45) is 0 Å². The van der Waals surface area contributed by atoms with Crippen molar-refractivity contribution in [1.29, 1.82) is 0 Å². The van der Waals surface area contributed by atoms with E-state index >= 15 is 0 Å². The summed E-state index contributed by atoms with van der Waals surface area (Å²) in [7, 11) is 3.32. The summed E-state index contributed by atoms with van der Waals surface area (Å²) < 4.78 is 10.8. The van der Waals surface area contributed by atoms with Crippen LogP contribution in [0.3, 0.4) is 0 Å². The van der Waals surface area contributed by atoms with E-state index in [1.807, 2.05) is 18.2 Å². The van der Waals surface area contributed by atoms with Crippen LogP contribution in [0.25, 0.3) is 0 Å². The fourth-order valence-electron chi connectivity index (χ4n) is 4.19. The third kappa shape index (κ3) is 3.93. The van der Waals surface area contributed by atoms with E-state index < -0.39 is 0 Å². The average molecular weight is 398 g/mol. The molecular weight excluding hydrogens is 370 g/mol. The molecule has 0 spiro atoms. The number of nitrogens with one attached hydrogen (secondary N) is 1. The van der Waals surface area contributed by atoms with Gasteiger partial charge in [-0.2, -0.15) is 0 Å². The van der Waals surface area contributed by atoms with E-state index in [1.54, 1.807) is 14.2 Å². The summed E-state index contributed by atoms with van der Waals surface area (Å²) in [6, 6.07) is 15.1. The van der Waals surface area contributed by atoms with E-state index in [0.717, 1.165) is 48.5 Å². The highest BCUT2D eigenvalue weighted by molar-refractivity contribution is 7.80. The molecule has 1 aliphatic heterocycles. The molecule has 4 rings (SSSR count). The lowest BCUT2D eigenvalue weighted by Crippen LogP contribution is -2.53. The highest BCUT2D eigenvalue weighted by Gasteiger charge is 2.29. The minimum Gasteiger partial charge on any atom is -0.497 e. The number of hydrogen-bond donors (Lipinski definition) is 1. The third-order valence-electron chi connectivity index (χ3n) is 5.80. The average Bonchev–Trinajstić information content (AvgIpc) is 3.18. The standard InChI is InChI=1S/C22H27N3O2S/c1-26-19-7-8-21(27-2)20(15-19)23-22(28)25-11-9-24(10-12-25)18-13-16-5-3-4-6-17(16)14-18/h3-8,15,18H,9-14H2,1-2H3,(H,23,28). The van der Waals surface area contributed by atoms with Crippen molar-refractivity contribution in [1.82, 2.24) is 9.80 Å². The zero-order valence-electron chi connectivity index (χ0n) is 16.5. The van der Waals surface area contributed by atoms with Crippen LogP contribution < -0.4 is 14.8 Å². The van der Waals surface area contributed by atoms with Crippen molar-refractivity contribution >= 4 is 23.0 Å². The molecule has 2 aliphatic rings. The summed E-state index contributed by atoms with van der Waals surface area (Å²) in [6.45, 7) is 3.95. The monoisotopic (exact) mass is 397 g/mol. The SMILES string of the molecule is COc1ccc(OC)c(NC(=S)N2CCN(C3Cc4ccccc4C3)CC2)c1. The van der Waals surface area contributed by atoms with Crippen LogP contribution in [0.2, 0.25) is 0 Å². The van der Waals surface area contributed by atoms with Gasteiger partial charge in [0.15, 0.2) is 5.11 Å². The molecule has 0 unspecified atom stereocenters. The van der Waals surface area contributed by atoms with Crippen molar-refractivity contribution in [2.45, 2.75) is 18.9 Å². The van der Waals surface area contributed by atoms with E-state index in [9.17, 15) is 0 Å². The van der Waals surface area contributed by atoms with Crippen LogP contribution in [0.15, 0.2) is 42.5 Å². The lowest BCUT2D eigenvalue weighted by molar-refractivity contribution is 0.137. The Morgan fingerprint density at radius 2 is 1.64 bits per heavy atom. The predicted molar refractivity (Wildman–Crippen MR) is 117 cm³/mol. The number of hydrogen-bond acceptors (Lipinski definition) is 4. The summed E-state index contributed by atoms with van der Waals surface area (Å²) >= 11 is 5.67. The normalized spacial score (nSPS) is 17.3. The lowest BCUT2D eigenvalue weighted by Gasteiger charge is -2.39. The Balaban J connectivity index is 1.34. The Morgan fingerprint density at radius 3 is 2.25 bits per heavy atom. The topological polar surface area (TPSA) is 37.0 Å². The number of nitrogens with zero attached hydrogens (tertiary/aromatic N) is 2. The second-order valence-corrected chi connectivity index (χ2v) is 7.74. The molecule has 1 saturated heterocycles. The molecular formula is C22H27N3O2S. The van der Waals surface area contributed by atoms with E-state index in [4.69, 9.17) is 21.7 Å². The van der Waals surface area contributed by atoms with Crippen LogP contribution in [0.1, 0.15) is 11.1 Å². The Kier molecular flexibility index (Phi) is 5.69. The van der Waals surface area contributed by atoms with Gasteiger partial charge in [0.25, 0.3) is 0 Å². The molecule has 5 nitrogen and oxygen atoms in total. The van der Waals surface area contributed by atoms with Gasteiger partial charge in [0.05, 0.1) is 19.9 Å². The number of fused-ring (bicyclic) bond motifs is 1. The minimum atomic E-state index is 0.625. The first-order chi connectivity index (χ1) is 13.7. The van der Waals surface area contributed by atoms with E-state index in [2.05, 4.69) is 39.4 Å². The highest BCUT2D eigenvalue weighted by Crippen LogP contribution is 2.30. The lowest BCUT2D eigenvalue weighted by atomic mass is 10.1. The number of ether oxygens (including phenoxy) is 2. The van der Waals surface area contributed by atoms with Gasteiger partial charge in [-0.15, -0.1) is 0 Å². The first-order valence-corrected chi connectivity index (χ1v) is 10.2. The summed E-state index contributed by atoms with van der Waals surface area (Å²) in [5, 5.41) is 4.08. The van der Waals surface area contributed by atoms with E-state index in [1.165, 1.54) is 24.0 Å². The maximum Gasteiger partial charge on any atom is 0.173 e. The van der Waals surface area contributed by atoms with Crippen molar-refractivity contribution in [3.8, 4) is 11.5 Å². The quantitative estimate of drug-likeness (QED) is 0.799. The molecule has 0 saturated carbocycles. The van der Waals surface area contributed by atoms with E-state index in [-0.39, 0.29) is 0 Å². The number of piperazine rings is 1. The number of thiocarbonyl (C=S) groups is 1. The van der Waals surface area contributed by atoms with Gasteiger partial charge in [-0.3, -0.25) is 4.90 Å². The molecule has 0 atom stereocenters. The van der Waals surface area contributed by atoms with Crippen LogP contribution in [0.5, 0.6) is 11.5 Å². The van der Waals surface area contributed by atoms with Gasteiger partial charge in [-0.25, -0.2) is 0 Å². The smallest absolute Gasteiger partial charge is 0.173 e. The maximum atomic E-state index is 5.67. The fourth-order valence-corrected chi connectivity index (χ4v) is 4.48. The number of rotatable bonds is 4. The highest BCUT2D eigenvalue weighted by atomic mass is 32.1. The third-order valence-corrected chi connectivity index (χ3v) is 6.16. The van der Waals surface area contributed by atoms with Gasteiger partial charge in [0.2, 0.25) is 0 Å². The van der Waals surface area contributed by atoms with E-state index in [0.29, 0.717) is 6.04 Å². The fraction of sp³-hybridized carbons (Fsp3) is 0.409. The molecule has 28 heavy (non-hydrogen) atoms. The van der Waals surface area contributed by atoms with Gasteiger partial charge in [-0.05, 0) is 48.3 Å². The summed E-state index contributed by atoms with van der Waals surface area (Å²) in [5.41, 5.74) is 3.86. The molecule has 1 N–H and O–H groups in total. The Morgan fingerprint density at radius 1 is 0.964 bits per heavy atom. The molecule has 0 amide bonds. The van der Waals surface area contributed by atoms with Crippen LogP contribution in [0, 0.1) is 0 Å². The molecule has 2 aromatic carbocycles.